The zero-order valence-electron chi connectivity index (χ0n) is 9.87. The molecule has 1 aromatic rings. The summed E-state index contributed by atoms with van der Waals surface area (Å²) in [5.41, 5.74) is 6.03. The fourth-order valence-corrected chi connectivity index (χ4v) is 2.54. The van der Waals surface area contributed by atoms with E-state index in [-0.39, 0.29) is 11.9 Å². The summed E-state index contributed by atoms with van der Waals surface area (Å²) in [4.78, 5) is 12.5. The molecule has 6 heteroatoms. The number of nitrogens with two attached hydrogens (primary N) is 1. The summed E-state index contributed by atoms with van der Waals surface area (Å²) >= 11 is 14.0. The van der Waals surface area contributed by atoms with Crippen LogP contribution in [0.2, 0.25) is 5.02 Å². The van der Waals surface area contributed by atoms with Gasteiger partial charge in [-0.25, -0.2) is 0 Å². The minimum absolute atomic E-state index is 0.0439. The Morgan fingerprint density at radius 3 is 2.78 bits per heavy atom. The molecule has 0 radical (unpaired) electrons. The van der Waals surface area contributed by atoms with E-state index in [2.05, 4.69) is 21.2 Å². The predicted molar refractivity (Wildman–Crippen MR) is 82.1 cm³/mol. The van der Waals surface area contributed by atoms with Crippen LogP contribution in [0, 0.1) is 0 Å². The van der Waals surface area contributed by atoms with Gasteiger partial charge in [0.15, 0.2) is 0 Å². The second-order valence-corrected chi connectivity index (χ2v) is 5.69. The van der Waals surface area contributed by atoms with E-state index in [4.69, 9.17) is 29.6 Å². The molecule has 1 unspecified atom stereocenters. The van der Waals surface area contributed by atoms with Crippen molar-refractivity contribution < 1.29 is 4.79 Å². The lowest BCUT2D eigenvalue weighted by Gasteiger charge is -2.16. The van der Waals surface area contributed by atoms with E-state index < -0.39 is 0 Å². The van der Waals surface area contributed by atoms with E-state index in [1.54, 1.807) is 18.2 Å². The quantitative estimate of drug-likeness (QED) is 0.802. The fourth-order valence-electron chi connectivity index (χ4n) is 1.48. The Morgan fingerprint density at radius 2 is 2.28 bits per heavy atom. The van der Waals surface area contributed by atoms with Crippen LogP contribution in [0.1, 0.15) is 30.1 Å². The molecule has 0 heterocycles. The van der Waals surface area contributed by atoms with Crippen molar-refractivity contribution >= 4 is 50.6 Å². The van der Waals surface area contributed by atoms with Crippen LogP contribution in [-0.4, -0.2) is 16.9 Å². The number of carbonyl (C=O) groups is 1. The standard InChI is InChI=1S/C12H14BrClN2OS/c1-2-8(6-11(15)18)16-12(17)9-4-3-7(14)5-10(9)13/h3-5,8H,2,6H2,1H3,(H2,15,18)(H,16,17). The number of hydrogen-bond donors (Lipinski definition) is 2. The van der Waals surface area contributed by atoms with Crippen molar-refractivity contribution in [3.05, 3.63) is 33.3 Å². The summed E-state index contributed by atoms with van der Waals surface area (Å²) in [7, 11) is 0. The SMILES string of the molecule is CCC(CC(N)=S)NC(=O)c1ccc(Cl)cc1Br. The molecule has 3 N–H and O–H groups in total. The normalized spacial score (nSPS) is 11.9. The number of benzene rings is 1. The Balaban J connectivity index is 2.77. The Labute approximate surface area is 125 Å². The number of carbonyl (C=O) groups excluding carboxylic acids is 1. The van der Waals surface area contributed by atoms with Crippen molar-refractivity contribution in [2.45, 2.75) is 25.8 Å². The van der Waals surface area contributed by atoms with Crippen molar-refractivity contribution in [3.63, 3.8) is 0 Å². The average molecular weight is 350 g/mol. The zero-order valence-corrected chi connectivity index (χ0v) is 13.0. The highest BCUT2D eigenvalue weighted by molar-refractivity contribution is 9.10. The predicted octanol–water partition coefficient (Wildman–Crippen LogP) is 3.29. The van der Waals surface area contributed by atoms with E-state index in [1.807, 2.05) is 6.92 Å². The van der Waals surface area contributed by atoms with Crippen LogP contribution in [0.3, 0.4) is 0 Å². The van der Waals surface area contributed by atoms with Gasteiger partial charge in [-0.05, 0) is 40.5 Å². The minimum Gasteiger partial charge on any atom is -0.393 e. The third kappa shape index (κ3) is 4.55. The first kappa shape index (κ1) is 15.4. The van der Waals surface area contributed by atoms with Gasteiger partial charge in [-0.3, -0.25) is 4.79 Å². The van der Waals surface area contributed by atoms with E-state index in [0.29, 0.717) is 26.5 Å². The lowest BCUT2D eigenvalue weighted by atomic mass is 10.1. The summed E-state index contributed by atoms with van der Waals surface area (Å²) in [5.74, 6) is -0.165. The van der Waals surface area contributed by atoms with Crippen LogP contribution in [0.4, 0.5) is 0 Å². The lowest BCUT2D eigenvalue weighted by molar-refractivity contribution is 0.0936. The molecule has 1 aromatic carbocycles. The second kappa shape index (κ2) is 7.07. The fraction of sp³-hybridized carbons (Fsp3) is 0.333. The maximum atomic E-state index is 12.1. The summed E-state index contributed by atoms with van der Waals surface area (Å²) in [5, 5.41) is 3.47. The smallest absolute Gasteiger partial charge is 0.252 e. The van der Waals surface area contributed by atoms with Gasteiger partial charge in [-0.15, -0.1) is 0 Å². The molecule has 1 atom stereocenters. The van der Waals surface area contributed by atoms with Gasteiger partial charge in [0.2, 0.25) is 0 Å². The molecule has 1 rings (SSSR count). The first-order valence-electron chi connectivity index (χ1n) is 5.48. The van der Waals surface area contributed by atoms with Gasteiger partial charge < -0.3 is 11.1 Å². The highest BCUT2D eigenvalue weighted by Crippen LogP contribution is 2.21. The third-order valence-corrected chi connectivity index (χ3v) is 3.51. The van der Waals surface area contributed by atoms with Gasteiger partial charge in [0, 0.05) is 22.0 Å². The Kier molecular flexibility index (Phi) is 6.05. The molecule has 3 nitrogen and oxygen atoms in total. The number of hydrogen-bond acceptors (Lipinski definition) is 2. The number of rotatable bonds is 5. The summed E-state index contributed by atoms with van der Waals surface area (Å²) in [6.07, 6.45) is 1.27. The van der Waals surface area contributed by atoms with Crippen LogP contribution < -0.4 is 11.1 Å². The monoisotopic (exact) mass is 348 g/mol. The summed E-state index contributed by atoms with van der Waals surface area (Å²) in [6, 6.07) is 4.99. The van der Waals surface area contributed by atoms with Crippen molar-refractivity contribution in [1.29, 1.82) is 0 Å². The molecular formula is C12H14BrClN2OS. The van der Waals surface area contributed by atoms with Crippen molar-refractivity contribution in [3.8, 4) is 0 Å². The van der Waals surface area contributed by atoms with Crippen LogP contribution in [0.15, 0.2) is 22.7 Å². The number of thiocarbonyl (C=S) groups is 1. The maximum Gasteiger partial charge on any atom is 0.252 e. The third-order valence-electron chi connectivity index (χ3n) is 2.45. The number of amides is 1. The second-order valence-electron chi connectivity index (χ2n) is 3.87. The maximum absolute atomic E-state index is 12.1. The summed E-state index contributed by atoms with van der Waals surface area (Å²) < 4.78 is 0.665. The summed E-state index contributed by atoms with van der Waals surface area (Å²) in [6.45, 7) is 1.97. The molecule has 0 fully saturated rings. The Hall–Kier alpha value is -0.650. The minimum atomic E-state index is -0.165. The molecular weight excluding hydrogens is 336 g/mol. The van der Waals surface area contributed by atoms with Crippen LogP contribution >= 0.6 is 39.7 Å². The largest absolute Gasteiger partial charge is 0.393 e. The lowest BCUT2D eigenvalue weighted by Crippen LogP contribution is -2.37. The van der Waals surface area contributed by atoms with Crippen LogP contribution in [0.5, 0.6) is 0 Å². The van der Waals surface area contributed by atoms with E-state index in [1.165, 1.54) is 0 Å². The number of halogens is 2. The topological polar surface area (TPSA) is 55.1 Å². The van der Waals surface area contributed by atoms with E-state index in [9.17, 15) is 4.79 Å². The van der Waals surface area contributed by atoms with E-state index in [0.717, 1.165) is 6.42 Å². The molecule has 0 aliphatic heterocycles. The van der Waals surface area contributed by atoms with Crippen molar-refractivity contribution in [2.24, 2.45) is 5.73 Å². The van der Waals surface area contributed by atoms with Crippen LogP contribution in [-0.2, 0) is 0 Å². The Bertz CT molecular complexity index is 467. The average Bonchev–Trinajstić information content (AvgIpc) is 2.27. The highest BCUT2D eigenvalue weighted by atomic mass is 79.9. The molecule has 0 bridgehead atoms. The molecule has 0 aliphatic carbocycles. The van der Waals surface area contributed by atoms with Gasteiger partial charge in [-0.2, -0.15) is 0 Å². The van der Waals surface area contributed by atoms with Crippen molar-refractivity contribution in [1.82, 2.24) is 5.32 Å². The van der Waals surface area contributed by atoms with Gasteiger partial charge in [0.05, 0.1) is 10.6 Å². The van der Waals surface area contributed by atoms with Crippen molar-refractivity contribution in [2.75, 3.05) is 0 Å². The van der Waals surface area contributed by atoms with Crippen LogP contribution in [0.25, 0.3) is 0 Å². The molecule has 0 saturated carbocycles. The van der Waals surface area contributed by atoms with Gasteiger partial charge in [0.25, 0.3) is 5.91 Å². The molecule has 0 aromatic heterocycles. The van der Waals surface area contributed by atoms with Gasteiger partial charge in [0.1, 0.15) is 0 Å². The highest BCUT2D eigenvalue weighted by Gasteiger charge is 2.15. The van der Waals surface area contributed by atoms with E-state index >= 15 is 0 Å². The Morgan fingerprint density at radius 1 is 1.61 bits per heavy atom. The van der Waals surface area contributed by atoms with Gasteiger partial charge >= 0.3 is 0 Å². The zero-order chi connectivity index (χ0) is 13.7. The molecule has 1 amide bonds. The van der Waals surface area contributed by atoms with Gasteiger partial charge in [-0.1, -0.05) is 30.7 Å². The molecule has 18 heavy (non-hydrogen) atoms. The first-order valence-corrected chi connectivity index (χ1v) is 7.06. The molecule has 0 spiro atoms. The number of nitrogens with one attached hydrogen (secondary N) is 1. The first-order chi connectivity index (χ1) is 8.43. The molecule has 0 saturated heterocycles. The molecule has 98 valence electrons. The molecule has 0 aliphatic rings.